The van der Waals surface area contributed by atoms with Gasteiger partial charge in [-0.15, -0.1) is 12.4 Å². The lowest BCUT2D eigenvalue weighted by atomic mass is 10.2. The van der Waals surface area contributed by atoms with Crippen molar-refractivity contribution < 1.29 is 19.0 Å². The Balaban J connectivity index is 0.00000288. The number of carbonyl (C=O) groups is 1. The molecular formula is C16H26ClN3O4. The molecule has 0 unspecified atom stereocenters. The molecule has 2 N–H and O–H groups in total. The standard InChI is InChI=1S/C16H25N3O4.ClH/c1-11-9-17-5-6-19(11)10-15(20)18-12-7-13(21-2)16(23-4)14(8-12)22-3;/h7-8,11,17H,5-6,9-10H2,1-4H3,(H,18,20);1H/t11-;/m1./s1. The molecule has 1 saturated heterocycles. The number of amides is 1. The molecule has 1 aliphatic rings. The summed E-state index contributed by atoms with van der Waals surface area (Å²) in [7, 11) is 4.64. The lowest BCUT2D eigenvalue weighted by Crippen LogP contribution is -2.51. The summed E-state index contributed by atoms with van der Waals surface area (Å²) < 4.78 is 15.9. The van der Waals surface area contributed by atoms with E-state index in [4.69, 9.17) is 14.2 Å². The summed E-state index contributed by atoms with van der Waals surface area (Å²) in [5.41, 5.74) is 0.618. The van der Waals surface area contributed by atoms with E-state index in [2.05, 4.69) is 22.5 Å². The molecule has 1 aromatic carbocycles. The molecule has 0 spiro atoms. The number of methoxy groups -OCH3 is 3. The average Bonchev–Trinajstić information content (AvgIpc) is 2.55. The van der Waals surface area contributed by atoms with Crippen molar-refractivity contribution in [2.45, 2.75) is 13.0 Å². The smallest absolute Gasteiger partial charge is 0.238 e. The SMILES string of the molecule is COc1cc(NC(=O)CN2CCNC[C@H]2C)cc(OC)c1OC.Cl. The number of nitrogens with zero attached hydrogens (tertiary/aromatic N) is 1. The fourth-order valence-electron chi connectivity index (χ4n) is 2.66. The molecule has 1 amide bonds. The Morgan fingerprint density at radius 1 is 1.25 bits per heavy atom. The summed E-state index contributed by atoms with van der Waals surface area (Å²) in [6.45, 7) is 5.14. The van der Waals surface area contributed by atoms with Crippen molar-refractivity contribution >= 4 is 24.0 Å². The minimum absolute atomic E-state index is 0. The van der Waals surface area contributed by atoms with Gasteiger partial charge >= 0.3 is 0 Å². The highest BCUT2D eigenvalue weighted by molar-refractivity contribution is 5.93. The van der Waals surface area contributed by atoms with Crippen LogP contribution in [0.5, 0.6) is 17.2 Å². The van der Waals surface area contributed by atoms with Crippen LogP contribution in [0.15, 0.2) is 12.1 Å². The van der Waals surface area contributed by atoms with Gasteiger partial charge in [-0.05, 0) is 6.92 Å². The number of benzene rings is 1. The van der Waals surface area contributed by atoms with Crippen molar-refractivity contribution in [1.29, 1.82) is 0 Å². The number of carbonyl (C=O) groups excluding carboxylic acids is 1. The maximum absolute atomic E-state index is 12.3. The third kappa shape index (κ3) is 4.90. The Morgan fingerprint density at radius 2 is 1.88 bits per heavy atom. The predicted molar refractivity (Wildman–Crippen MR) is 95.9 cm³/mol. The molecule has 1 atom stereocenters. The molecule has 1 aromatic rings. The highest BCUT2D eigenvalue weighted by Gasteiger charge is 2.21. The molecule has 1 aliphatic heterocycles. The van der Waals surface area contributed by atoms with Gasteiger partial charge in [-0.25, -0.2) is 0 Å². The Hall–Kier alpha value is -1.70. The minimum atomic E-state index is -0.0620. The lowest BCUT2D eigenvalue weighted by Gasteiger charge is -2.33. The molecule has 0 saturated carbocycles. The minimum Gasteiger partial charge on any atom is -0.493 e. The number of nitrogens with one attached hydrogen (secondary N) is 2. The van der Waals surface area contributed by atoms with Gasteiger partial charge in [0.1, 0.15) is 0 Å². The van der Waals surface area contributed by atoms with E-state index in [9.17, 15) is 4.79 Å². The van der Waals surface area contributed by atoms with E-state index in [0.717, 1.165) is 19.6 Å². The van der Waals surface area contributed by atoms with E-state index < -0.39 is 0 Å². The normalized spacial score (nSPS) is 17.6. The van der Waals surface area contributed by atoms with Gasteiger partial charge in [0, 0.05) is 43.5 Å². The van der Waals surface area contributed by atoms with Crippen LogP contribution < -0.4 is 24.8 Å². The molecule has 0 radical (unpaired) electrons. The summed E-state index contributed by atoms with van der Waals surface area (Å²) in [6, 6.07) is 3.79. The van der Waals surface area contributed by atoms with Crippen LogP contribution >= 0.6 is 12.4 Å². The zero-order valence-corrected chi connectivity index (χ0v) is 15.4. The van der Waals surface area contributed by atoms with Crippen LogP contribution in [0.3, 0.4) is 0 Å². The second-order valence-corrected chi connectivity index (χ2v) is 5.49. The molecule has 24 heavy (non-hydrogen) atoms. The molecule has 136 valence electrons. The van der Waals surface area contributed by atoms with E-state index in [0.29, 0.717) is 35.5 Å². The van der Waals surface area contributed by atoms with Crippen LogP contribution in [0, 0.1) is 0 Å². The van der Waals surface area contributed by atoms with Gasteiger partial charge in [-0.3, -0.25) is 9.69 Å². The Morgan fingerprint density at radius 3 is 2.38 bits per heavy atom. The van der Waals surface area contributed by atoms with E-state index in [1.807, 2.05) is 0 Å². The first-order chi connectivity index (χ1) is 11.1. The number of piperazine rings is 1. The Labute approximate surface area is 149 Å². The monoisotopic (exact) mass is 359 g/mol. The van der Waals surface area contributed by atoms with Gasteiger partial charge < -0.3 is 24.8 Å². The number of hydrogen-bond donors (Lipinski definition) is 2. The molecule has 0 aromatic heterocycles. The van der Waals surface area contributed by atoms with Gasteiger partial charge in [-0.2, -0.15) is 0 Å². The fourth-order valence-corrected chi connectivity index (χ4v) is 2.66. The van der Waals surface area contributed by atoms with Crippen LogP contribution in [0.1, 0.15) is 6.92 Å². The van der Waals surface area contributed by atoms with Gasteiger partial charge in [0.2, 0.25) is 11.7 Å². The number of rotatable bonds is 6. The first kappa shape index (κ1) is 20.3. The maximum Gasteiger partial charge on any atom is 0.238 e. The van der Waals surface area contributed by atoms with Gasteiger partial charge in [0.15, 0.2) is 11.5 Å². The summed E-state index contributed by atoms with van der Waals surface area (Å²) in [5, 5.41) is 6.20. The highest BCUT2D eigenvalue weighted by atomic mass is 35.5. The summed E-state index contributed by atoms with van der Waals surface area (Å²) >= 11 is 0. The number of halogens is 1. The molecule has 1 fully saturated rings. The Kier molecular flexibility index (Phi) is 8.10. The molecular weight excluding hydrogens is 334 g/mol. The first-order valence-corrected chi connectivity index (χ1v) is 7.63. The quantitative estimate of drug-likeness (QED) is 0.799. The lowest BCUT2D eigenvalue weighted by molar-refractivity contribution is -0.118. The van der Waals surface area contributed by atoms with Crippen molar-refractivity contribution in [2.24, 2.45) is 0 Å². The molecule has 8 heteroatoms. The van der Waals surface area contributed by atoms with Gasteiger partial charge in [0.05, 0.1) is 27.9 Å². The van der Waals surface area contributed by atoms with E-state index in [-0.39, 0.29) is 18.3 Å². The molecule has 7 nitrogen and oxygen atoms in total. The number of ether oxygens (including phenoxy) is 3. The molecule has 0 bridgehead atoms. The van der Waals surface area contributed by atoms with Crippen molar-refractivity contribution in [3.63, 3.8) is 0 Å². The second-order valence-electron chi connectivity index (χ2n) is 5.49. The summed E-state index contributed by atoms with van der Waals surface area (Å²) in [4.78, 5) is 14.5. The van der Waals surface area contributed by atoms with Crippen molar-refractivity contribution in [1.82, 2.24) is 10.2 Å². The first-order valence-electron chi connectivity index (χ1n) is 7.63. The van der Waals surface area contributed by atoms with Crippen LogP contribution in [-0.4, -0.2) is 64.4 Å². The van der Waals surface area contributed by atoms with Crippen molar-refractivity contribution in [3.05, 3.63) is 12.1 Å². The van der Waals surface area contributed by atoms with Gasteiger partial charge in [0.25, 0.3) is 0 Å². The zero-order valence-electron chi connectivity index (χ0n) is 14.5. The van der Waals surface area contributed by atoms with Crippen molar-refractivity contribution in [3.8, 4) is 17.2 Å². The average molecular weight is 360 g/mol. The van der Waals surface area contributed by atoms with Crippen LogP contribution in [0.4, 0.5) is 5.69 Å². The number of anilines is 1. The third-order valence-corrected chi connectivity index (χ3v) is 3.93. The van der Waals surface area contributed by atoms with Gasteiger partial charge in [-0.1, -0.05) is 0 Å². The maximum atomic E-state index is 12.3. The molecule has 2 rings (SSSR count). The van der Waals surface area contributed by atoms with Crippen molar-refractivity contribution in [2.75, 3.05) is 52.8 Å². The van der Waals surface area contributed by atoms with Crippen LogP contribution in [-0.2, 0) is 4.79 Å². The van der Waals surface area contributed by atoms with E-state index >= 15 is 0 Å². The van der Waals surface area contributed by atoms with E-state index in [1.54, 1.807) is 33.5 Å². The summed E-state index contributed by atoms with van der Waals surface area (Å²) in [5.74, 6) is 1.46. The third-order valence-electron chi connectivity index (χ3n) is 3.93. The zero-order chi connectivity index (χ0) is 16.8. The van der Waals surface area contributed by atoms with Crippen LogP contribution in [0.2, 0.25) is 0 Å². The number of hydrogen-bond acceptors (Lipinski definition) is 6. The molecule has 1 heterocycles. The predicted octanol–water partition coefficient (Wildman–Crippen LogP) is 1.37. The fraction of sp³-hybridized carbons (Fsp3) is 0.562. The van der Waals surface area contributed by atoms with Crippen LogP contribution in [0.25, 0.3) is 0 Å². The Bertz CT molecular complexity index is 531. The highest BCUT2D eigenvalue weighted by Crippen LogP contribution is 2.39. The van der Waals surface area contributed by atoms with E-state index in [1.165, 1.54) is 0 Å². The second kappa shape index (κ2) is 9.56. The largest absolute Gasteiger partial charge is 0.493 e. The topological polar surface area (TPSA) is 72.1 Å². The molecule has 0 aliphatic carbocycles. The summed E-state index contributed by atoms with van der Waals surface area (Å²) in [6.07, 6.45) is 0.